The van der Waals surface area contributed by atoms with E-state index in [0.717, 1.165) is 23.2 Å². The van der Waals surface area contributed by atoms with E-state index in [9.17, 15) is 4.79 Å². The first-order chi connectivity index (χ1) is 12.7. The average molecular weight is 410 g/mol. The fraction of sp³-hybridized carbons (Fsp3) is 0.136. The second-order valence-electron chi connectivity index (χ2n) is 6.02. The van der Waals surface area contributed by atoms with E-state index >= 15 is 0 Å². The van der Waals surface area contributed by atoms with Crippen LogP contribution in [0, 0.1) is 0 Å². The number of carbonyl (C=O) groups excluding carboxylic acids is 1. The Hall–Kier alpha value is -2.59. The second-order valence-corrected chi connectivity index (χ2v) is 6.93. The maximum atomic E-state index is 12.0. The number of esters is 1. The highest BCUT2D eigenvalue weighted by molar-refractivity contribution is 9.10. The van der Waals surface area contributed by atoms with Gasteiger partial charge in [0.1, 0.15) is 0 Å². The van der Waals surface area contributed by atoms with Crippen molar-refractivity contribution in [2.75, 3.05) is 12.0 Å². The molecule has 26 heavy (non-hydrogen) atoms. The first-order valence-electron chi connectivity index (χ1n) is 8.37. The predicted octanol–water partition coefficient (Wildman–Crippen LogP) is 5.44. The van der Waals surface area contributed by atoms with E-state index in [4.69, 9.17) is 4.74 Å². The van der Waals surface area contributed by atoms with Gasteiger partial charge in [-0.15, -0.1) is 0 Å². The molecule has 3 aromatic carbocycles. The molecule has 0 N–H and O–H groups in total. The molecule has 3 nitrogen and oxygen atoms in total. The first kappa shape index (κ1) is 18.2. The molecule has 0 aromatic heterocycles. The maximum absolute atomic E-state index is 12.0. The van der Waals surface area contributed by atoms with Crippen LogP contribution in [0.1, 0.15) is 21.5 Å². The third-order valence-corrected chi connectivity index (χ3v) is 4.56. The zero-order valence-electron chi connectivity index (χ0n) is 14.6. The molecule has 0 atom stereocenters. The van der Waals surface area contributed by atoms with Crippen LogP contribution in [0.25, 0.3) is 0 Å². The van der Waals surface area contributed by atoms with Crippen molar-refractivity contribution in [1.29, 1.82) is 0 Å². The Balaban J connectivity index is 1.96. The zero-order chi connectivity index (χ0) is 18.4. The molecule has 4 heteroatoms. The Kier molecular flexibility index (Phi) is 6.08. The lowest BCUT2D eigenvalue weighted by Crippen LogP contribution is -2.22. The molecule has 0 fully saturated rings. The molecule has 3 rings (SSSR count). The number of ether oxygens (including phenoxy) is 1. The number of rotatable bonds is 6. The molecule has 0 amide bonds. The Morgan fingerprint density at radius 2 is 1.42 bits per heavy atom. The van der Waals surface area contributed by atoms with Crippen LogP contribution in [0.4, 0.5) is 5.69 Å². The summed E-state index contributed by atoms with van der Waals surface area (Å²) in [6, 6.07) is 26.3. The van der Waals surface area contributed by atoms with E-state index in [1.807, 2.05) is 48.5 Å². The highest BCUT2D eigenvalue weighted by atomic mass is 79.9. The smallest absolute Gasteiger partial charge is 0.337 e. The Bertz CT molecular complexity index is 824. The van der Waals surface area contributed by atoms with Gasteiger partial charge in [-0.3, -0.25) is 0 Å². The third-order valence-electron chi connectivity index (χ3n) is 4.10. The summed E-state index contributed by atoms with van der Waals surface area (Å²) in [5.41, 5.74) is 3.92. The maximum Gasteiger partial charge on any atom is 0.337 e. The van der Waals surface area contributed by atoms with Gasteiger partial charge in [0.05, 0.1) is 12.7 Å². The molecule has 0 heterocycles. The summed E-state index contributed by atoms with van der Waals surface area (Å²) in [5, 5.41) is 0. The molecule has 0 aliphatic carbocycles. The van der Waals surface area contributed by atoms with Crippen molar-refractivity contribution < 1.29 is 9.53 Å². The standard InChI is InChI=1S/C22H20BrNO2/c1-26-22(25)19-12-20(23)14-21(13-19)24(15-17-8-4-2-5-9-17)16-18-10-6-3-7-11-18/h2-14H,15-16H2,1H3. The third kappa shape index (κ3) is 4.73. The van der Waals surface area contributed by atoms with Gasteiger partial charge < -0.3 is 9.64 Å². The normalized spacial score (nSPS) is 10.4. The quantitative estimate of drug-likeness (QED) is 0.507. The topological polar surface area (TPSA) is 29.5 Å². The van der Waals surface area contributed by atoms with Crippen LogP contribution in [0.3, 0.4) is 0 Å². The molecule has 0 aliphatic rings. The molecule has 0 saturated heterocycles. The molecular weight excluding hydrogens is 390 g/mol. The van der Waals surface area contributed by atoms with Gasteiger partial charge in [0.15, 0.2) is 0 Å². The summed E-state index contributed by atoms with van der Waals surface area (Å²) < 4.78 is 5.73. The predicted molar refractivity (Wildman–Crippen MR) is 108 cm³/mol. The van der Waals surface area contributed by atoms with Crippen LogP contribution in [0.15, 0.2) is 83.3 Å². The largest absolute Gasteiger partial charge is 0.465 e. The van der Waals surface area contributed by atoms with Crippen molar-refractivity contribution >= 4 is 27.6 Å². The van der Waals surface area contributed by atoms with Crippen LogP contribution in [-0.2, 0) is 17.8 Å². The molecule has 0 spiro atoms. The van der Waals surface area contributed by atoms with Crippen LogP contribution in [0.5, 0.6) is 0 Å². The van der Waals surface area contributed by atoms with Gasteiger partial charge in [-0.1, -0.05) is 76.6 Å². The summed E-state index contributed by atoms with van der Waals surface area (Å²) >= 11 is 3.52. The van der Waals surface area contributed by atoms with Gasteiger partial charge >= 0.3 is 5.97 Å². The number of benzene rings is 3. The first-order valence-corrected chi connectivity index (χ1v) is 9.17. The summed E-state index contributed by atoms with van der Waals surface area (Å²) in [6.07, 6.45) is 0. The number of hydrogen-bond acceptors (Lipinski definition) is 3. The Labute approximate surface area is 162 Å². The molecule has 3 aromatic rings. The lowest BCUT2D eigenvalue weighted by atomic mass is 10.1. The van der Waals surface area contributed by atoms with Crippen molar-refractivity contribution in [3.8, 4) is 0 Å². The molecule has 0 saturated carbocycles. The van der Waals surface area contributed by atoms with E-state index < -0.39 is 0 Å². The van der Waals surface area contributed by atoms with Gasteiger partial charge in [-0.05, 0) is 29.3 Å². The summed E-state index contributed by atoms with van der Waals surface area (Å²) in [4.78, 5) is 14.2. The minimum atomic E-state index is -0.341. The van der Waals surface area contributed by atoms with Crippen LogP contribution in [-0.4, -0.2) is 13.1 Å². The highest BCUT2D eigenvalue weighted by Gasteiger charge is 2.14. The molecule has 0 radical (unpaired) electrons. The number of hydrogen-bond donors (Lipinski definition) is 0. The fourth-order valence-electron chi connectivity index (χ4n) is 2.84. The van der Waals surface area contributed by atoms with E-state index in [1.165, 1.54) is 18.2 Å². The SMILES string of the molecule is COC(=O)c1cc(Br)cc(N(Cc2ccccc2)Cc2ccccc2)c1. The molecule has 0 bridgehead atoms. The molecule has 132 valence electrons. The number of halogens is 1. The average Bonchev–Trinajstić information content (AvgIpc) is 2.68. The number of methoxy groups -OCH3 is 1. The van der Waals surface area contributed by atoms with Crippen LogP contribution >= 0.6 is 15.9 Å². The van der Waals surface area contributed by atoms with Crippen molar-refractivity contribution in [3.05, 3.63) is 100 Å². The summed E-state index contributed by atoms with van der Waals surface area (Å²) in [5.74, 6) is -0.341. The van der Waals surface area contributed by atoms with E-state index in [0.29, 0.717) is 5.56 Å². The lowest BCUT2D eigenvalue weighted by molar-refractivity contribution is 0.0600. The minimum absolute atomic E-state index is 0.341. The molecular formula is C22H20BrNO2. The Morgan fingerprint density at radius 3 is 1.92 bits per heavy atom. The minimum Gasteiger partial charge on any atom is -0.465 e. The van der Waals surface area contributed by atoms with Gasteiger partial charge in [-0.25, -0.2) is 4.79 Å². The number of anilines is 1. The van der Waals surface area contributed by atoms with Crippen molar-refractivity contribution in [1.82, 2.24) is 0 Å². The van der Waals surface area contributed by atoms with Crippen molar-refractivity contribution in [2.45, 2.75) is 13.1 Å². The molecule has 0 aliphatic heterocycles. The number of carbonyl (C=O) groups is 1. The van der Waals surface area contributed by atoms with Gasteiger partial charge in [0.2, 0.25) is 0 Å². The van der Waals surface area contributed by atoms with Crippen molar-refractivity contribution in [2.24, 2.45) is 0 Å². The zero-order valence-corrected chi connectivity index (χ0v) is 16.1. The van der Waals surface area contributed by atoms with Gasteiger partial charge in [-0.2, -0.15) is 0 Å². The van der Waals surface area contributed by atoms with Gasteiger partial charge in [0, 0.05) is 23.2 Å². The lowest BCUT2D eigenvalue weighted by Gasteiger charge is -2.26. The molecule has 0 unspecified atom stereocenters. The van der Waals surface area contributed by atoms with Crippen LogP contribution < -0.4 is 4.90 Å². The fourth-order valence-corrected chi connectivity index (χ4v) is 3.32. The van der Waals surface area contributed by atoms with Gasteiger partial charge in [0.25, 0.3) is 0 Å². The monoisotopic (exact) mass is 409 g/mol. The Morgan fingerprint density at radius 1 is 0.885 bits per heavy atom. The summed E-state index contributed by atoms with van der Waals surface area (Å²) in [6.45, 7) is 1.49. The van der Waals surface area contributed by atoms with Crippen LogP contribution in [0.2, 0.25) is 0 Å². The van der Waals surface area contributed by atoms with E-state index in [-0.39, 0.29) is 5.97 Å². The van der Waals surface area contributed by atoms with E-state index in [1.54, 1.807) is 6.07 Å². The van der Waals surface area contributed by atoms with E-state index in [2.05, 4.69) is 45.1 Å². The summed E-state index contributed by atoms with van der Waals surface area (Å²) in [7, 11) is 1.40. The van der Waals surface area contributed by atoms with Crippen molar-refractivity contribution in [3.63, 3.8) is 0 Å². The highest BCUT2D eigenvalue weighted by Crippen LogP contribution is 2.26. The second kappa shape index (κ2) is 8.68. The number of nitrogens with zero attached hydrogens (tertiary/aromatic N) is 1.